The van der Waals surface area contributed by atoms with Crippen LogP contribution in [0.15, 0.2) is 29.3 Å². The fourth-order valence-corrected chi connectivity index (χ4v) is 3.38. The minimum atomic E-state index is 0. The van der Waals surface area contributed by atoms with Crippen molar-refractivity contribution in [3.63, 3.8) is 0 Å². The van der Waals surface area contributed by atoms with Crippen LogP contribution in [0.4, 0.5) is 0 Å². The average Bonchev–Trinajstić information content (AvgIpc) is 2.59. The summed E-state index contributed by atoms with van der Waals surface area (Å²) in [6.07, 6.45) is 2.33. The molecule has 0 saturated carbocycles. The minimum absolute atomic E-state index is 0. The number of halogens is 2. The fraction of sp³-hybridized carbons (Fsp3) is 0.650. The van der Waals surface area contributed by atoms with E-state index in [1.54, 1.807) is 0 Å². The van der Waals surface area contributed by atoms with Crippen molar-refractivity contribution in [2.24, 2.45) is 4.99 Å². The number of rotatable bonds is 5. The van der Waals surface area contributed by atoms with E-state index in [4.69, 9.17) is 11.6 Å². The van der Waals surface area contributed by atoms with Crippen molar-refractivity contribution in [2.75, 3.05) is 26.7 Å². The van der Waals surface area contributed by atoms with E-state index in [2.05, 4.69) is 60.4 Å². The molecule has 148 valence electrons. The SMILES string of the molecule is CN=C(NCC(C)(C)c1ccc(Cl)cc1)NC1CCN(C(C)C)CC1.I. The van der Waals surface area contributed by atoms with Gasteiger partial charge >= 0.3 is 0 Å². The van der Waals surface area contributed by atoms with E-state index in [1.807, 2.05) is 19.2 Å². The third-order valence-corrected chi connectivity index (χ3v) is 5.40. The molecule has 1 aliphatic heterocycles. The molecule has 0 radical (unpaired) electrons. The first kappa shape index (κ1) is 23.5. The van der Waals surface area contributed by atoms with Crippen LogP contribution in [0.5, 0.6) is 0 Å². The van der Waals surface area contributed by atoms with Crippen molar-refractivity contribution in [1.82, 2.24) is 15.5 Å². The van der Waals surface area contributed by atoms with Crippen LogP contribution in [0.3, 0.4) is 0 Å². The van der Waals surface area contributed by atoms with Gasteiger partial charge < -0.3 is 15.5 Å². The van der Waals surface area contributed by atoms with Crippen molar-refractivity contribution >= 4 is 41.5 Å². The summed E-state index contributed by atoms with van der Waals surface area (Å²) in [5.74, 6) is 0.894. The zero-order chi connectivity index (χ0) is 18.4. The Kier molecular flexibility index (Phi) is 9.69. The Labute approximate surface area is 181 Å². The second kappa shape index (κ2) is 10.7. The number of hydrogen-bond acceptors (Lipinski definition) is 2. The molecule has 2 N–H and O–H groups in total. The maximum atomic E-state index is 6.00. The monoisotopic (exact) mass is 492 g/mol. The van der Waals surface area contributed by atoms with Gasteiger partial charge in [-0.2, -0.15) is 0 Å². The lowest BCUT2D eigenvalue weighted by atomic mass is 9.85. The molecule has 0 unspecified atom stereocenters. The molecule has 6 heteroatoms. The molecule has 0 aliphatic carbocycles. The van der Waals surface area contributed by atoms with E-state index >= 15 is 0 Å². The Morgan fingerprint density at radius 3 is 2.31 bits per heavy atom. The Bertz CT molecular complexity index is 564. The Hall–Kier alpha value is -0.530. The number of hydrogen-bond donors (Lipinski definition) is 2. The lowest BCUT2D eigenvalue weighted by molar-refractivity contribution is 0.167. The molecule has 2 rings (SSSR count). The lowest BCUT2D eigenvalue weighted by Crippen LogP contribution is -2.51. The third-order valence-electron chi connectivity index (χ3n) is 5.15. The summed E-state index contributed by atoms with van der Waals surface area (Å²) >= 11 is 6.00. The highest BCUT2D eigenvalue weighted by Crippen LogP contribution is 2.23. The quantitative estimate of drug-likeness (QED) is 0.366. The van der Waals surface area contributed by atoms with Crippen LogP contribution in [0.2, 0.25) is 5.02 Å². The molecule has 1 saturated heterocycles. The van der Waals surface area contributed by atoms with Gasteiger partial charge in [-0.25, -0.2) is 0 Å². The van der Waals surface area contributed by atoms with Crippen LogP contribution >= 0.6 is 35.6 Å². The molecule has 1 aliphatic rings. The molecule has 1 aromatic rings. The summed E-state index contributed by atoms with van der Waals surface area (Å²) in [5.41, 5.74) is 1.27. The van der Waals surface area contributed by atoms with Gasteiger partial charge in [-0.05, 0) is 44.4 Å². The van der Waals surface area contributed by atoms with Gasteiger partial charge in [0.1, 0.15) is 0 Å². The number of piperidine rings is 1. The van der Waals surface area contributed by atoms with E-state index < -0.39 is 0 Å². The summed E-state index contributed by atoms with van der Waals surface area (Å²) in [6.45, 7) is 12.1. The first-order chi connectivity index (χ1) is 11.8. The molecule has 0 atom stereocenters. The summed E-state index contributed by atoms with van der Waals surface area (Å²) < 4.78 is 0. The summed E-state index contributed by atoms with van der Waals surface area (Å²) in [5, 5.41) is 7.86. The highest BCUT2D eigenvalue weighted by Gasteiger charge is 2.23. The standard InChI is InChI=1S/C20H33ClN4.HI/c1-15(2)25-12-10-18(11-13-25)24-19(22-5)23-14-20(3,4)16-6-8-17(21)9-7-16;/h6-9,15,18H,10-14H2,1-5H3,(H2,22,23,24);1H. The van der Waals surface area contributed by atoms with Gasteiger partial charge in [0.05, 0.1) is 0 Å². The number of likely N-dealkylation sites (tertiary alicyclic amines) is 1. The van der Waals surface area contributed by atoms with Crippen molar-refractivity contribution < 1.29 is 0 Å². The van der Waals surface area contributed by atoms with Crippen molar-refractivity contribution in [1.29, 1.82) is 0 Å². The largest absolute Gasteiger partial charge is 0.356 e. The fourth-order valence-electron chi connectivity index (χ4n) is 3.26. The molecule has 26 heavy (non-hydrogen) atoms. The Morgan fingerprint density at radius 1 is 1.23 bits per heavy atom. The molecule has 4 nitrogen and oxygen atoms in total. The predicted octanol–water partition coefficient (Wildman–Crippen LogP) is 4.27. The summed E-state index contributed by atoms with van der Waals surface area (Å²) in [7, 11) is 1.84. The van der Waals surface area contributed by atoms with Crippen LogP contribution in [-0.2, 0) is 5.41 Å². The number of benzene rings is 1. The van der Waals surface area contributed by atoms with Crippen LogP contribution in [0.25, 0.3) is 0 Å². The van der Waals surface area contributed by atoms with Gasteiger partial charge in [-0.15, -0.1) is 24.0 Å². The van der Waals surface area contributed by atoms with Gasteiger partial charge in [-0.3, -0.25) is 4.99 Å². The van der Waals surface area contributed by atoms with E-state index in [0.29, 0.717) is 12.1 Å². The maximum absolute atomic E-state index is 6.00. The first-order valence-electron chi connectivity index (χ1n) is 9.29. The molecule has 0 amide bonds. The normalized spacial score (nSPS) is 17.1. The number of aliphatic imine (C=N–C) groups is 1. The molecule has 1 fully saturated rings. The van der Waals surface area contributed by atoms with Gasteiger partial charge in [0.25, 0.3) is 0 Å². The van der Waals surface area contributed by atoms with Gasteiger partial charge in [-0.1, -0.05) is 37.6 Å². The molecule has 0 aromatic heterocycles. The lowest BCUT2D eigenvalue weighted by Gasteiger charge is -2.35. The maximum Gasteiger partial charge on any atom is 0.191 e. The van der Waals surface area contributed by atoms with Crippen LogP contribution < -0.4 is 10.6 Å². The van der Waals surface area contributed by atoms with Gasteiger partial charge in [0.2, 0.25) is 0 Å². The Morgan fingerprint density at radius 2 is 1.81 bits per heavy atom. The van der Waals surface area contributed by atoms with E-state index in [0.717, 1.165) is 30.6 Å². The second-order valence-electron chi connectivity index (χ2n) is 7.86. The molecule has 1 heterocycles. The summed E-state index contributed by atoms with van der Waals surface area (Å²) in [4.78, 5) is 6.95. The zero-order valence-corrected chi connectivity index (χ0v) is 19.8. The topological polar surface area (TPSA) is 39.7 Å². The second-order valence-corrected chi connectivity index (χ2v) is 8.30. The van der Waals surface area contributed by atoms with Gasteiger partial charge in [0.15, 0.2) is 5.96 Å². The number of nitrogens with one attached hydrogen (secondary N) is 2. The van der Waals surface area contributed by atoms with Crippen LogP contribution in [0.1, 0.15) is 46.1 Å². The molecule has 1 aromatic carbocycles. The van der Waals surface area contributed by atoms with Crippen LogP contribution in [0, 0.1) is 0 Å². The van der Waals surface area contributed by atoms with Crippen molar-refractivity contribution in [3.8, 4) is 0 Å². The molecule has 0 bridgehead atoms. The van der Waals surface area contributed by atoms with E-state index in [9.17, 15) is 0 Å². The van der Waals surface area contributed by atoms with Crippen molar-refractivity contribution in [2.45, 2.75) is 58.0 Å². The zero-order valence-electron chi connectivity index (χ0n) is 16.7. The average molecular weight is 493 g/mol. The number of guanidine groups is 1. The first-order valence-corrected chi connectivity index (χ1v) is 9.67. The Balaban J connectivity index is 0.00000338. The molecular weight excluding hydrogens is 459 g/mol. The number of nitrogens with zero attached hydrogens (tertiary/aromatic N) is 2. The van der Waals surface area contributed by atoms with Crippen LogP contribution in [-0.4, -0.2) is 49.6 Å². The molecular formula is C20H34ClIN4. The van der Waals surface area contributed by atoms with Gasteiger partial charge in [0, 0.05) is 49.2 Å². The third kappa shape index (κ3) is 6.89. The molecule has 0 spiro atoms. The van der Waals surface area contributed by atoms with Crippen molar-refractivity contribution in [3.05, 3.63) is 34.9 Å². The highest BCUT2D eigenvalue weighted by atomic mass is 127. The minimum Gasteiger partial charge on any atom is -0.356 e. The summed E-state index contributed by atoms with van der Waals surface area (Å²) in [6, 6.07) is 9.24. The highest BCUT2D eigenvalue weighted by molar-refractivity contribution is 14.0. The van der Waals surface area contributed by atoms with E-state index in [-0.39, 0.29) is 29.4 Å². The van der Waals surface area contributed by atoms with E-state index in [1.165, 1.54) is 18.4 Å². The smallest absolute Gasteiger partial charge is 0.191 e. The predicted molar refractivity (Wildman–Crippen MR) is 124 cm³/mol.